The number of hydrogen-bond donors (Lipinski definition) is 1. The lowest BCUT2D eigenvalue weighted by atomic mass is 10.3. The van der Waals surface area contributed by atoms with Gasteiger partial charge in [0.15, 0.2) is 0 Å². The molecular formula is C10H14ClNO2. The van der Waals surface area contributed by atoms with Gasteiger partial charge in [-0.25, -0.2) is 0 Å². The van der Waals surface area contributed by atoms with Crippen molar-refractivity contribution in [3.8, 4) is 5.75 Å². The van der Waals surface area contributed by atoms with Gasteiger partial charge in [-0.05, 0) is 12.1 Å². The topological polar surface area (TPSA) is 44.5 Å². The summed E-state index contributed by atoms with van der Waals surface area (Å²) >= 11 is 5.44. The second kappa shape index (κ2) is 6.51. The summed E-state index contributed by atoms with van der Waals surface area (Å²) in [6, 6.07) is 7.31. The van der Waals surface area contributed by atoms with Crippen molar-refractivity contribution in [1.29, 1.82) is 0 Å². The molecule has 1 aromatic carbocycles. The zero-order valence-electron chi connectivity index (χ0n) is 7.91. The maximum absolute atomic E-state index is 5.58. The van der Waals surface area contributed by atoms with E-state index in [9.17, 15) is 0 Å². The maximum atomic E-state index is 5.58. The zero-order chi connectivity index (χ0) is 10.2. The van der Waals surface area contributed by atoms with Crippen molar-refractivity contribution in [2.45, 2.75) is 0 Å². The maximum Gasteiger partial charge on any atom is 0.121 e. The summed E-state index contributed by atoms with van der Waals surface area (Å²) in [5, 5.41) is 0. The molecule has 0 atom stereocenters. The Morgan fingerprint density at radius 1 is 1.21 bits per heavy atom. The smallest absolute Gasteiger partial charge is 0.121 e. The Balaban J connectivity index is 2.18. The summed E-state index contributed by atoms with van der Waals surface area (Å²) in [4.78, 5) is 0. The first-order valence-electron chi connectivity index (χ1n) is 4.45. The molecule has 0 heterocycles. The minimum atomic E-state index is 0.512. The molecule has 0 aliphatic carbocycles. The number of nitrogen functional groups attached to an aromatic ring is 1. The van der Waals surface area contributed by atoms with Crippen LogP contribution in [0.5, 0.6) is 5.75 Å². The van der Waals surface area contributed by atoms with Gasteiger partial charge in [-0.1, -0.05) is 6.07 Å². The fourth-order valence-corrected chi connectivity index (χ4v) is 1.09. The van der Waals surface area contributed by atoms with E-state index < -0.39 is 0 Å². The Bertz CT molecular complexity index is 268. The van der Waals surface area contributed by atoms with E-state index >= 15 is 0 Å². The third-order valence-corrected chi connectivity index (χ3v) is 1.73. The fourth-order valence-electron chi connectivity index (χ4n) is 0.979. The van der Waals surface area contributed by atoms with Crippen molar-refractivity contribution in [2.24, 2.45) is 0 Å². The predicted octanol–water partition coefficient (Wildman–Crippen LogP) is 1.90. The standard InChI is InChI=1S/C10H14ClNO2/c11-4-5-13-6-7-14-10-3-1-2-9(12)8-10/h1-3,8H,4-7,12H2. The molecule has 0 aromatic heterocycles. The molecule has 0 unspecified atom stereocenters. The SMILES string of the molecule is Nc1cccc(OCCOCCCl)c1. The van der Waals surface area contributed by atoms with E-state index in [1.807, 2.05) is 18.2 Å². The van der Waals surface area contributed by atoms with Crippen LogP contribution in [0.2, 0.25) is 0 Å². The first kappa shape index (κ1) is 11.1. The van der Waals surface area contributed by atoms with Crippen LogP contribution in [-0.2, 0) is 4.74 Å². The predicted molar refractivity (Wildman–Crippen MR) is 57.9 cm³/mol. The van der Waals surface area contributed by atoms with E-state index in [0.29, 0.717) is 31.4 Å². The number of rotatable bonds is 6. The van der Waals surface area contributed by atoms with E-state index in [2.05, 4.69) is 0 Å². The highest BCUT2D eigenvalue weighted by atomic mass is 35.5. The Morgan fingerprint density at radius 3 is 2.79 bits per heavy atom. The third-order valence-electron chi connectivity index (χ3n) is 1.58. The number of anilines is 1. The molecule has 4 heteroatoms. The van der Waals surface area contributed by atoms with Gasteiger partial charge in [0.1, 0.15) is 12.4 Å². The van der Waals surface area contributed by atoms with Gasteiger partial charge in [-0.2, -0.15) is 0 Å². The van der Waals surface area contributed by atoms with E-state index in [1.165, 1.54) is 0 Å². The van der Waals surface area contributed by atoms with Crippen molar-refractivity contribution < 1.29 is 9.47 Å². The van der Waals surface area contributed by atoms with Crippen LogP contribution >= 0.6 is 11.6 Å². The summed E-state index contributed by atoms with van der Waals surface area (Å²) in [6.07, 6.45) is 0. The highest BCUT2D eigenvalue weighted by molar-refractivity contribution is 6.17. The summed E-state index contributed by atoms with van der Waals surface area (Å²) in [7, 11) is 0. The van der Waals surface area contributed by atoms with E-state index in [-0.39, 0.29) is 0 Å². The Morgan fingerprint density at radius 2 is 2.07 bits per heavy atom. The molecule has 14 heavy (non-hydrogen) atoms. The second-order valence-corrected chi connectivity index (χ2v) is 3.10. The molecule has 0 saturated carbocycles. The zero-order valence-corrected chi connectivity index (χ0v) is 8.67. The largest absolute Gasteiger partial charge is 0.491 e. The van der Waals surface area contributed by atoms with Crippen LogP contribution in [0.3, 0.4) is 0 Å². The molecule has 0 aliphatic heterocycles. The van der Waals surface area contributed by atoms with E-state index in [4.69, 9.17) is 26.8 Å². The normalized spacial score (nSPS) is 10.1. The van der Waals surface area contributed by atoms with Crippen molar-refractivity contribution in [1.82, 2.24) is 0 Å². The molecule has 0 aliphatic rings. The number of alkyl halides is 1. The fraction of sp³-hybridized carbons (Fsp3) is 0.400. The van der Waals surface area contributed by atoms with Crippen molar-refractivity contribution in [3.63, 3.8) is 0 Å². The summed E-state index contributed by atoms with van der Waals surface area (Å²) in [5.41, 5.74) is 6.28. The Labute approximate surface area is 88.8 Å². The van der Waals surface area contributed by atoms with Crippen LogP contribution in [0.4, 0.5) is 5.69 Å². The van der Waals surface area contributed by atoms with Crippen LogP contribution in [0, 0.1) is 0 Å². The van der Waals surface area contributed by atoms with Gasteiger partial charge in [-0.3, -0.25) is 0 Å². The van der Waals surface area contributed by atoms with Crippen LogP contribution in [0.25, 0.3) is 0 Å². The molecular weight excluding hydrogens is 202 g/mol. The minimum absolute atomic E-state index is 0.512. The van der Waals surface area contributed by atoms with Crippen LogP contribution in [0.1, 0.15) is 0 Å². The first-order chi connectivity index (χ1) is 6.83. The van der Waals surface area contributed by atoms with Gasteiger partial charge < -0.3 is 15.2 Å². The molecule has 3 nitrogen and oxygen atoms in total. The van der Waals surface area contributed by atoms with Crippen molar-refractivity contribution in [3.05, 3.63) is 24.3 Å². The molecule has 0 amide bonds. The molecule has 1 aromatic rings. The Hall–Kier alpha value is -0.930. The van der Waals surface area contributed by atoms with Crippen LogP contribution in [0.15, 0.2) is 24.3 Å². The molecule has 0 radical (unpaired) electrons. The molecule has 1 rings (SSSR count). The third kappa shape index (κ3) is 4.35. The van der Waals surface area contributed by atoms with E-state index in [0.717, 1.165) is 5.75 Å². The molecule has 0 fully saturated rings. The van der Waals surface area contributed by atoms with Gasteiger partial charge in [0.25, 0.3) is 0 Å². The van der Waals surface area contributed by atoms with Gasteiger partial charge in [0, 0.05) is 17.6 Å². The molecule has 2 N–H and O–H groups in total. The van der Waals surface area contributed by atoms with Crippen molar-refractivity contribution in [2.75, 3.05) is 31.4 Å². The molecule has 0 saturated heterocycles. The number of halogens is 1. The van der Waals surface area contributed by atoms with Gasteiger partial charge >= 0.3 is 0 Å². The molecule has 0 spiro atoms. The first-order valence-corrected chi connectivity index (χ1v) is 4.98. The summed E-state index contributed by atoms with van der Waals surface area (Å²) in [6.45, 7) is 1.61. The summed E-state index contributed by atoms with van der Waals surface area (Å²) in [5.74, 6) is 1.28. The lowest BCUT2D eigenvalue weighted by Crippen LogP contribution is -2.08. The second-order valence-electron chi connectivity index (χ2n) is 2.72. The monoisotopic (exact) mass is 215 g/mol. The molecule has 0 bridgehead atoms. The highest BCUT2D eigenvalue weighted by Crippen LogP contribution is 2.13. The number of nitrogens with two attached hydrogens (primary N) is 1. The lowest BCUT2D eigenvalue weighted by molar-refractivity contribution is 0.111. The van der Waals surface area contributed by atoms with Crippen molar-refractivity contribution >= 4 is 17.3 Å². The number of benzene rings is 1. The van der Waals surface area contributed by atoms with Gasteiger partial charge in [0.05, 0.1) is 13.2 Å². The minimum Gasteiger partial charge on any atom is -0.491 e. The van der Waals surface area contributed by atoms with Crippen LogP contribution < -0.4 is 10.5 Å². The quantitative estimate of drug-likeness (QED) is 0.448. The lowest BCUT2D eigenvalue weighted by Gasteiger charge is -2.06. The van der Waals surface area contributed by atoms with Gasteiger partial charge in [-0.15, -0.1) is 11.6 Å². The molecule has 78 valence electrons. The highest BCUT2D eigenvalue weighted by Gasteiger charge is 1.93. The average molecular weight is 216 g/mol. The average Bonchev–Trinajstić information content (AvgIpc) is 2.18. The Kier molecular flexibility index (Phi) is 5.19. The number of hydrogen-bond acceptors (Lipinski definition) is 3. The van der Waals surface area contributed by atoms with Gasteiger partial charge in [0.2, 0.25) is 0 Å². The van der Waals surface area contributed by atoms with Crippen LogP contribution in [-0.4, -0.2) is 25.7 Å². The summed E-state index contributed by atoms with van der Waals surface area (Å²) < 4.78 is 10.5. The number of ether oxygens (including phenoxy) is 2. The van der Waals surface area contributed by atoms with E-state index in [1.54, 1.807) is 6.07 Å².